The third kappa shape index (κ3) is 28.0. The molecule has 6 nitrogen and oxygen atoms in total. The molecule has 0 spiro atoms. The Labute approximate surface area is 266 Å². The Morgan fingerprint density at radius 3 is 0.951 bits per heavy atom. The first kappa shape index (κ1) is 46.2. The van der Waals surface area contributed by atoms with Gasteiger partial charge < -0.3 is 28.0 Å². The Kier molecular flexibility index (Phi) is 33.3. The fourth-order valence-corrected chi connectivity index (χ4v) is 7.21. The Bertz CT molecular complexity index is 598. The fourth-order valence-electron chi connectivity index (χ4n) is 4.58. The van der Waals surface area contributed by atoms with Crippen molar-refractivity contribution in [2.75, 3.05) is 0 Å². The summed E-state index contributed by atoms with van der Waals surface area (Å²) in [6.07, 6.45) is 21.0. The SMILES string of the molecule is CCCCCCC(C)OP(=O)([O-])C(C)CCCCCC.CCCCCCC(C)OP(=O)([O-])C(C)CCCCCC.[Ni+2]. The number of hydrogen-bond acceptors (Lipinski definition) is 6. The molecule has 6 atom stereocenters. The van der Waals surface area contributed by atoms with Gasteiger partial charge in [0.1, 0.15) is 15.2 Å². The van der Waals surface area contributed by atoms with Gasteiger partial charge in [-0.15, -0.1) is 0 Å². The average molecular weight is 670 g/mol. The van der Waals surface area contributed by atoms with Gasteiger partial charge in [0.2, 0.25) is 0 Å². The molecule has 0 aromatic heterocycles. The third-order valence-corrected chi connectivity index (χ3v) is 11.6. The number of hydrogen-bond donors (Lipinski definition) is 0. The van der Waals surface area contributed by atoms with Gasteiger partial charge in [-0.25, -0.2) is 0 Å². The summed E-state index contributed by atoms with van der Waals surface area (Å²) in [6, 6.07) is 0. The zero-order chi connectivity index (χ0) is 30.9. The molecule has 0 aromatic carbocycles. The molecule has 0 heterocycles. The maximum absolute atomic E-state index is 12.1. The normalized spacial score (nSPS) is 17.2. The summed E-state index contributed by atoms with van der Waals surface area (Å²) < 4.78 is 34.9. The van der Waals surface area contributed by atoms with E-state index in [-0.39, 0.29) is 40.0 Å². The van der Waals surface area contributed by atoms with Crippen molar-refractivity contribution in [1.82, 2.24) is 0 Å². The van der Waals surface area contributed by atoms with E-state index in [1.807, 2.05) is 13.8 Å². The standard InChI is InChI=1S/2C16H35O3P.Ni/c2*1-5-7-9-11-13-15(3)19-20(17,18)16(4)14-12-10-8-6-2;/h2*15-16H,5-14H2,1-4H3,(H,17,18);/q;;+2/p-2. The zero-order valence-corrected chi connectivity index (χ0v) is 30.9. The molecular weight excluding hydrogens is 601 g/mol. The minimum absolute atomic E-state index is 0. The molecule has 0 saturated carbocycles. The summed E-state index contributed by atoms with van der Waals surface area (Å²) in [7, 11) is -7.39. The van der Waals surface area contributed by atoms with E-state index in [9.17, 15) is 18.9 Å². The van der Waals surface area contributed by atoms with Crippen molar-refractivity contribution in [2.24, 2.45) is 0 Å². The quantitative estimate of drug-likeness (QED) is 0.0516. The molecule has 0 rings (SSSR count). The van der Waals surface area contributed by atoms with Crippen LogP contribution in [0.5, 0.6) is 0 Å². The van der Waals surface area contributed by atoms with Crippen LogP contribution in [0.2, 0.25) is 0 Å². The molecule has 0 saturated heterocycles. The van der Waals surface area contributed by atoms with E-state index >= 15 is 0 Å². The van der Waals surface area contributed by atoms with Gasteiger partial charge in [0.15, 0.2) is 0 Å². The molecule has 0 aliphatic rings. The Morgan fingerprint density at radius 1 is 0.463 bits per heavy atom. The smallest absolute Gasteiger partial charge is 0.778 e. The molecule has 0 aliphatic carbocycles. The second-order valence-electron chi connectivity index (χ2n) is 12.0. The summed E-state index contributed by atoms with van der Waals surface area (Å²) in [5.74, 6) is 0. The largest absolute Gasteiger partial charge is 2.00 e. The van der Waals surface area contributed by atoms with Crippen LogP contribution in [0.4, 0.5) is 0 Å². The van der Waals surface area contributed by atoms with Gasteiger partial charge in [0.05, 0.1) is 12.2 Å². The van der Waals surface area contributed by atoms with Crippen LogP contribution in [0, 0.1) is 0 Å². The molecule has 0 N–H and O–H groups in total. The minimum Gasteiger partial charge on any atom is -0.778 e. The summed E-state index contributed by atoms with van der Waals surface area (Å²) in [6.45, 7) is 16.0. The van der Waals surface area contributed by atoms with Crippen molar-refractivity contribution in [3.05, 3.63) is 0 Å². The summed E-state index contributed by atoms with van der Waals surface area (Å²) in [5.41, 5.74) is -0.699. The molecule has 0 aromatic rings. The van der Waals surface area contributed by atoms with Crippen LogP contribution in [-0.4, -0.2) is 23.5 Å². The topological polar surface area (TPSA) is 98.7 Å². The molecule has 252 valence electrons. The van der Waals surface area contributed by atoms with Crippen molar-refractivity contribution >= 4 is 15.2 Å². The Hall–Kier alpha value is 0.794. The second-order valence-corrected chi connectivity index (χ2v) is 16.4. The van der Waals surface area contributed by atoms with E-state index in [2.05, 4.69) is 27.7 Å². The van der Waals surface area contributed by atoms with E-state index in [4.69, 9.17) is 9.05 Å². The second kappa shape index (κ2) is 29.5. The molecule has 6 unspecified atom stereocenters. The van der Waals surface area contributed by atoms with Crippen LogP contribution in [0.15, 0.2) is 0 Å². The van der Waals surface area contributed by atoms with Crippen LogP contribution in [-0.2, 0) is 34.7 Å². The van der Waals surface area contributed by atoms with E-state index < -0.39 is 15.2 Å². The van der Waals surface area contributed by atoms with Gasteiger partial charge in [-0.3, -0.25) is 0 Å². The van der Waals surface area contributed by atoms with E-state index in [0.717, 1.165) is 64.2 Å². The van der Waals surface area contributed by atoms with Gasteiger partial charge in [0.25, 0.3) is 0 Å². The molecule has 0 radical (unpaired) electrons. The van der Waals surface area contributed by atoms with Crippen molar-refractivity contribution in [3.63, 3.8) is 0 Å². The van der Waals surface area contributed by atoms with Gasteiger partial charge in [-0.05, 0) is 39.5 Å². The first-order valence-corrected chi connectivity index (χ1v) is 20.1. The molecule has 9 heteroatoms. The molecule has 41 heavy (non-hydrogen) atoms. The van der Waals surface area contributed by atoms with Crippen molar-refractivity contribution < 1.29 is 44.5 Å². The molecular formula is C32H68NiO6P2. The predicted molar refractivity (Wildman–Crippen MR) is 170 cm³/mol. The maximum Gasteiger partial charge on any atom is 2.00 e. The third-order valence-electron chi connectivity index (χ3n) is 7.61. The summed E-state index contributed by atoms with van der Waals surface area (Å²) >= 11 is 0. The average Bonchev–Trinajstić information content (AvgIpc) is 2.89. The first-order valence-electron chi connectivity index (χ1n) is 16.9. The van der Waals surface area contributed by atoms with E-state index in [1.54, 1.807) is 13.8 Å². The monoisotopic (exact) mass is 668 g/mol. The van der Waals surface area contributed by atoms with Crippen LogP contribution in [0.1, 0.15) is 184 Å². The van der Waals surface area contributed by atoms with Crippen molar-refractivity contribution in [2.45, 2.75) is 207 Å². The van der Waals surface area contributed by atoms with Crippen LogP contribution >= 0.6 is 15.2 Å². The van der Waals surface area contributed by atoms with E-state index in [0.29, 0.717) is 0 Å². The van der Waals surface area contributed by atoms with Crippen LogP contribution in [0.25, 0.3) is 0 Å². The van der Waals surface area contributed by atoms with Gasteiger partial charge in [0, 0.05) is 11.3 Å². The minimum atomic E-state index is -3.69. The number of rotatable bonds is 26. The van der Waals surface area contributed by atoms with Crippen molar-refractivity contribution in [1.29, 1.82) is 0 Å². The van der Waals surface area contributed by atoms with Crippen LogP contribution < -0.4 is 9.79 Å². The van der Waals surface area contributed by atoms with Crippen LogP contribution in [0.3, 0.4) is 0 Å². The van der Waals surface area contributed by atoms with Gasteiger partial charge >= 0.3 is 16.5 Å². The zero-order valence-electron chi connectivity index (χ0n) is 28.1. The predicted octanol–water partition coefficient (Wildman–Crippen LogP) is 10.5. The first-order chi connectivity index (χ1) is 18.9. The van der Waals surface area contributed by atoms with Gasteiger partial charge in [-0.2, -0.15) is 0 Å². The summed E-state index contributed by atoms with van der Waals surface area (Å²) in [5, 5.41) is 0. The molecule has 0 fully saturated rings. The molecule has 0 bridgehead atoms. The summed E-state index contributed by atoms with van der Waals surface area (Å²) in [4.78, 5) is 24.2. The number of unbranched alkanes of at least 4 members (excludes halogenated alkanes) is 12. The van der Waals surface area contributed by atoms with Gasteiger partial charge in [-0.1, -0.05) is 144 Å². The van der Waals surface area contributed by atoms with Crippen molar-refractivity contribution in [3.8, 4) is 0 Å². The van der Waals surface area contributed by atoms with E-state index in [1.165, 1.54) is 64.2 Å². The molecule has 0 amide bonds. The maximum atomic E-state index is 12.1. The Morgan fingerprint density at radius 2 is 0.707 bits per heavy atom. The fraction of sp³-hybridized carbons (Fsp3) is 1.00. The Balaban J connectivity index is -0.000000688. The molecule has 0 aliphatic heterocycles.